The van der Waals surface area contributed by atoms with E-state index in [1.165, 1.54) is 25.7 Å². The van der Waals surface area contributed by atoms with Crippen molar-refractivity contribution in [2.75, 3.05) is 19.7 Å². The fraction of sp³-hybridized carbons (Fsp3) is 0.929. The Kier molecular flexibility index (Phi) is 5.94. The van der Waals surface area contributed by atoms with E-state index in [0.29, 0.717) is 18.6 Å². The Hall–Kier alpha value is -0.610. The Morgan fingerprint density at radius 1 is 1.22 bits per heavy atom. The molecule has 1 amide bonds. The summed E-state index contributed by atoms with van der Waals surface area (Å²) in [6.45, 7) is 2.78. The molecule has 4 nitrogen and oxygen atoms in total. The van der Waals surface area contributed by atoms with Crippen LogP contribution in [0.3, 0.4) is 0 Å². The third-order valence-electron chi connectivity index (χ3n) is 3.94. The smallest absolute Gasteiger partial charge is 0.220 e. The van der Waals surface area contributed by atoms with Gasteiger partial charge in [-0.15, -0.1) is 0 Å². The van der Waals surface area contributed by atoms with Crippen molar-refractivity contribution in [2.24, 2.45) is 0 Å². The standard InChI is InChI=1S/C14H26N2O2/c17-14(7-6-12-4-1-2-9-15-12)16-10-8-13-5-3-11-18-13/h12-13,15H,1-11H2,(H,16,17). The molecule has 18 heavy (non-hydrogen) atoms. The molecule has 2 heterocycles. The number of rotatable bonds is 6. The summed E-state index contributed by atoms with van der Waals surface area (Å²) in [7, 11) is 0. The van der Waals surface area contributed by atoms with Crippen molar-refractivity contribution < 1.29 is 9.53 Å². The first-order valence-electron chi connectivity index (χ1n) is 7.46. The summed E-state index contributed by atoms with van der Waals surface area (Å²) < 4.78 is 5.53. The fourth-order valence-corrected chi connectivity index (χ4v) is 2.81. The van der Waals surface area contributed by atoms with E-state index in [9.17, 15) is 4.79 Å². The van der Waals surface area contributed by atoms with E-state index in [2.05, 4.69) is 10.6 Å². The molecule has 2 aliphatic heterocycles. The van der Waals surface area contributed by atoms with E-state index in [0.717, 1.165) is 39.0 Å². The van der Waals surface area contributed by atoms with E-state index in [1.54, 1.807) is 0 Å². The molecule has 0 bridgehead atoms. The number of carbonyl (C=O) groups excluding carboxylic acids is 1. The number of nitrogens with one attached hydrogen (secondary N) is 2. The molecule has 104 valence electrons. The third kappa shape index (κ3) is 4.94. The summed E-state index contributed by atoms with van der Waals surface area (Å²) in [5, 5.41) is 6.48. The highest BCUT2D eigenvalue weighted by atomic mass is 16.5. The van der Waals surface area contributed by atoms with Gasteiger partial charge < -0.3 is 15.4 Å². The van der Waals surface area contributed by atoms with Crippen LogP contribution in [0, 0.1) is 0 Å². The first-order chi connectivity index (χ1) is 8.84. The summed E-state index contributed by atoms with van der Waals surface area (Å²) in [5.41, 5.74) is 0. The fourth-order valence-electron chi connectivity index (χ4n) is 2.81. The summed E-state index contributed by atoms with van der Waals surface area (Å²) in [6.07, 6.45) is 9.12. The van der Waals surface area contributed by atoms with E-state index in [1.807, 2.05) is 0 Å². The summed E-state index contributed by atoms with van der Waals surface area (Å²) in [6, 6.07) is 0.558. The summed E-state index contributed by atoms with van der Waals surface area (Å²) in [5.74, 6) is 0.195. The molecule has 0 aliphatic carbocycles. The molecule has 0 aromatic carbocycles. The Morgan fingerprint density at radius 2 is 2.17 bits per heavy atom. The zero-order chi connectivity index (χ0) is 12.6. The molecule has 2 atom stereocenters. The van der Waals surface area contributed by atoms with Crippen molar-refractivity contribution >= 4 is 5.91 Å². The average Bonchev–Trinajstić information content (AvgIpc) is 2.91. The molecule has 2 unspecified atom stereocenters. The first kappa shape index (κ1) is 13.8. The molecule has 0 aromatic heterocycles. The van der Waals surface area contributed by atoms with Gasteiger partial charge in [0, 0.05) is 25.6 Å². The van der Waals surface area contributed by atoms with Crippen LogP contribution in [0.25, 0.3) is 0 Å². The van der Waals surface area contributed by atoms with Gasteiger partial charge in [-0.1, -0.05) is 6.42 Å². The zero-order valence-corrected chi connectivity index (χ0v) is 11.2. The molecular formula is C14H26N2O2. The molecule has 4 heteroatoms. The molecule has 0 spiro atoms. The van der Waals surface area contributed by atoms with Gasteiger partial charge in [0.15, 0.2) is 0 Å². The van der Waals surface area contributed by atoms with Gasteiger partial charge in [0.05, 0.1) is 6.10 Å². The molecule has 2 fully saturated rings. The Labute approximate surface area is 110 Å². The number of hydrogen-bond donors (Lipinski definition) is 2. The van der Waals surface area contributed by atoms with Gasteiger partial charge in [0.25, 0.3) is 0 Å². The first-order valence-corrected chi connectivity index (χ1v) is 7.46. The Bertz CT molecular complexity index is 246. The van der Waals surface area contributed by atoms with Crippen molar-refractivity contribution in [3.8, 4) is 0 Å². The molecule has 0 aromatic rings. The highest BCUT2D eigenvalue weighted by Crippen LogP contribution is 2.14. The van der Waals surface area contributed by atoms with E-state index in [4.69, 9.17) is 4.74 Å². The minimum absolute atomic E-state index is 0.195. The van der Waals surface area contributed by atoms with Crippen LogP contribution in [-0.4, -0.2) is 37.7 Å². The van der Waals surface area contributed by atoms with Gasteiger partial charge in [-0.25, -0.2) is 0 Å². The number of carbonyl (C=O) groups is 1. The topological polar surface area (TPSA) is 50.4 Å². The van der Waals surface area contributed by atoms with Crippen LogP contribution in [0.5, 0.6) is 0 Å². The number of ether oxygens (including phenoxy) is 1. The number of piperidine rings is 1. The monoisotopic (exact) mass is 254 g/mol. The van der Waals surface area contributed by atoms with Gasteiger partial charge in [-0.05, 0) is 45.1 Å². The summed E-state index contributed by atoms with van der Waals surface area (Å²) >= 11 is 0. The summed E-state index contributed by atoms with van der Waals surface area (Å²) in [4.78, 5) is 11.7. The van der Waals surface area contributed by atoms with E-state index < -0.39 is 0 Å². The predicted octanol–water partition coefficient (Wildman–Crippen LogP) is 1.59. The van der Waals surface area contributed by atoms with Crippen LogP contribution in [0.4, 0.5) is 0 Å². The molecule has 2 saturated heterocycles. The minimum Gasteiger partial charge on any atom is -0.378 e. The van der Waals surface area contributed by atoms with Gasteiger partial charge in [0.1, 0.15) is 0 Å². The molecule has 2 rings (SSSR count). The van der Waals surface area contributed by atoms with Crippen molar-refractivity contribution in [3.63, 3.8) is 0 Å². The van der Waals surface area contributed by atoms with Crippen molar-refractivity contribution in [3.05, 3.63) is 0 Å². The Balaban J connectivity index is 1.49. The second-order valence-corrected chi connectivity index (χ2v) is 5.46. The third-order valence-corrected chi connectivity index (χ3v) is 3.94. The van der Waals surface area contributed by atoms with E-state index in [-0.39, 0.29) is 5.91 Å². The normalized spacial score (nSPS) is 28.2. The Morgan fingerprint density at radius 3 is 2.89 bits per heavy atom. The lowest BCUT2D eigenvalue weighted by molar-refractivity contribution is -0.121. The lowest BCUT2D eigenvalue weighted by Gasteiger charge is -2.23. The highest BCUT2D eigenvalue weighted by molar-refractivity contribution is 5.75. The van der Waals surface area contributed by atoms with Crippen LogP contribution < -0.4 is 10.6 Å². The van der Waals surface area contributed by atoms with Crippen LogP contribution in [-0.2, 0) is 9.53 Å². The van der Waals surface area contributed by atoms with Crippen molar-refractivity contribution in [1.29, 1.82) is 0 Å². The minimum atomic E-state index is 0.195. The van der Waals surface area contributed by atoms with Crippen LogP contribution in [0.2, 0.25) is 0 Å². The van der Waals surface area contributed by atoms with Gasteiger partial charge in [-0.2, -0.15) is 0 Å². The molecule has 0 radical (unpaired) electrons. The second-order valence-electron chi connectivity index (χ2n) is 5.46. The zero-order valence-electron chi connectivity index (χ0n) is 11.2. The maximum Gasteiger partial charge on any atom is 0.220 e. The van der Waals surface area contributed by atoms with Gasteiger partial charge in [0.2, 0.25) is 5.91 Å². The molecular weight excluding hydrogens is 228 g/mol. The van der Waals surface area contributed by atoms with Crippen molar-refractivity contribution in [1.82, 2.24) is 10.6 Å². The largest absolute Gasteiger partial charge is 0.378 e. The maximum atomic E-state index is 11.7. The molecule has 0 saturated carbocycles. The van der Waals surface area contributed by atoms with Crippen molar-refractivity contribution in [2.45, 2.75) is 63.5 Å². The van der Waals surface area contributed by atoms with Gasteiger partial charge >= 0.3 is 0 Å². The van der Waals surface area contributed by atoms with Crippen LogP contribution >= 0.6 is 0 Å². The number of hydrogen-bond acceptors (Lipinski definition) is 3. The van der Waals surface area contributed by atoms with Crippen LogP contribution in [0.15, 0.2) is 0 Å². The SMILES string of the molecule is O=C(CCC1CCCCN1)NCCC1CCCO1. The lowest BCUT2D eigenvalue weighted by Crippen LogP contribution is -2.35. The highest BCUT2D eigenvalue weighted by Gasteiger charge is 2.16. The molecule has 2 aliphatic rings. The van der Waals surface area contributed by atoms with Gasteiger partial charge in [-0.3, -0.25) is 4.79 Å². The lowest BCUT2D eigenvalue weighted by atomic mass is 10.0. The second kappa shape index (κ2) is 7.74. The van der Waals surface area contributed by atoms with E-state index >= 15 is 0 Å². The predicted molar refractivity (Wildman–Crippen MR) is 71.5 cm³/mol. The maximum absolute atomic E-state index is 11.7. The molecule has 2 N–H and O–H groups in total. The average molecular weight is 254 g/mol. The quantitative estimate of drug-likeness (QED) is 0.757. The van der Waals surface area contributed by atoms with Crippen LogP contribution in [0.1, 0.15) is 51.4 Å². The number of amides is 1.